The molecule has 2 N–H and O–H groups in total. The fourth-order valence-electron chi connectivity index (χ4n) is 3.68. The van der Waals surface area contributed by atoms with Gasteiger partial charge in [0.05, 0.1) is 36.6 Å². The summed E-state index contributed by atoms with van der Waals surface area (Å²) in [4.78, 5) is 12.3. The average Bonchev–Trinajstić information content (AvgIpc) is 3.09. The molecule has 0 spiro atoms. The van der Waals surface area contributed by atoms with E-state index >= 15 is 0 Å². The number of carbonyl (C=O) groups excluding carboxylic acids is 1. The minimum Gasteiger partial charge on any atom is -0.494 e. The van der Waals surface area contributed by atoms with Crippen molar-refractivity contribution in [2.75, 3.05) is 31.0 Å². The molecule has 3 rings (SSSR count). The van der Waals surface area contributed by atoms with Gasteiger partial charge in [-0.05, 0) is 30.7 Å². The fourth-order valence-corrected chi connectivity index (χ4v) is 4.61. The van der Waals surface area contributed by atoms with Gasteiger partial charge in [-0.15, -0.1) is 0 Å². The number of anilines is 1. The quantitative estimate of drug-likeness (QED) is 0.486. The summed E-state index contributed by atoms with van der Waals surface area (Å²) in [7, 11) is -1.90. The third-order valence-electron chi connectivity index (χ3n) is 5.29. The third kappa shape index (κ3) is 5.42. The highest BCUT2D eigenvalue weighted by Gasteiger charge is 2.25. The summed E-state index contributed by atoms with van der Waals surface area (Å²) in [6.07, 6.45) is 2.84. The van der Waals surface area contributed by atoms with Gasteiger partial charge in [0, 0.05) is 23.8 Å². The van der Waals surface area contributed by atoms with Crippen LogP contribution >= 0.6 is 0 Å². The lowest BCUT2D eigenvalue weighted by Crippen LogP contribution is -2.20. The highest BCUT2D eigenvalue weighted by atomic mass is 32.2. The summed E-state index contributed by atoms with van der Waals surface area (Å²) in [5.41, 5.74) is 1.10. The van der Waals surface area contributed by atoms with Gasteiger partial charge in [0.2, 0.25) is 11.8 Å². The number of methoxy groups -OCH3 is 1. The lowest BCUT2D eigenvalue weighted by atomic mass is 10.1. The number of fused-ring (bicyclic) bond motifs is 1. The Morgan fingerprint density at radius 1 is 1.18 bits per heavy atom. The largest absolute Gasteiger partial charge is 0.494 e. The minimum atomic E-state index is -3.43. The summed E-state index contributed by atoms with van der Waals surface area (Å²) in [5.74, 6) is 0.216. The van der Waals surface area contributed by atoms with Crippen LogP contribution in [0.5, 0.6) is 17.4 Å². The molecule has 0 radical (unpaired) electrons. The maximum absolute atomic E-state index is 12.3. The second-order valence-electron chi connectivity index (χ2n) is 8.23. The Labute approximate surface area is 194 Å². The molecule has 1 heterocycles. The number of aromatic nitrogens is 1. The smallest absolute Gasteiger partial charge is 0.226 e. The second kappa shape index (κ2) is 9.74. The van der Waals surface area contributed by atoms with E-state index in [1.165, 1.54) is 11.7 Å². The Morgan fingerprint density at radius 2 is 1.91 bits per heavy atom. The Balaban J connectivity index is 2.18. The zero-order valence-electron chi connectivity index (χ0n) is 19.5. The third-order valence-corrected chi connectivity index (χ3v) is 6.22. The normalized spacial score (nSPS) is 12.7. The highest BCUT2D eigenvalue weighted by molar-refractivity contribution is 7.90. The van der Waals surface area contributed by atoms with Crippen molar-refractivity contribution in [2.45, 2.75) is 26.8 Å². The molecule has 0 saturated carbocycles. The number of sulfone groups is 1. The van der Waals surface area contributed by atoms with E-state index in [1.807, 2.05) is 6.92 Å². The summed E-state index contributed by atoms with van der Waals surface area (Å²) in [6.45, 7) is 5.82. The van der Waals surface area contributed by atoms with Gasteiger partial charge in [-0.25, -0.2) is 8.42 Å². The summed E-state index contributed by atoms with van der Waals surface area (Å²) >= 11 is 0. The van der Waals surface area contributed by atoms with E-state index in [1.54, 1.807) is 56.4 Å². The molecule has 1 unspecified atom stereocenters. The van der Waals surface area contributed by atoms with Gasteiger partial charge in [-0.3, -0.25) is 4.79 Å². The maximum Gasteiger partial charge on any atom is 0.226 e. The molecule has 0 aliphatic heterocycles. The summed E-state index contributed by atoms with van der Waals surface area (Å²) in [5, 5.41) is 15.1. The molecule has 0 saturated heterocycles. The van der Waals surface area contributed by atoms with E-state index in [2.05, 4.69) is 5.32 Å². The Morgan fingerprint density at radius 3 is 2.52 bits per heavy atom. The van der Waals surface area contributed by atoms with E-state index in [4.69, 9.17) is 9.47 Å². The molecule has 9 heteroatoms. The summed E-state index contributed by atoms with van der Waals surface area (Å²) in [6, 6.07) is 9.74. The predicted octanol–water partition coefficient (Wildman–Crippen LogP) is 3.98. The molecule has 2 aromatic carbocycles. The highest BCUT2D eigenvalue weighted by Crippen LogP contribution is 2.39. The molecule has 0 aliphatic carbocycles. The van der Waals surface area contributed by atoms with E-state index in [0.717, 1.165) is 6.26 Å². The van der Waals surface area contributed by atoms with Gasteiger partial charge < -0.3 is 24.5 Å². The number of amides is 1. The first-order valence-electron chi connectivity index (χ1n) is 10.7. The zero-order chi connectivity index (χ0) is 24.3. The number of hydrogen-bond acceptors (Lipinski definition) is 6. The first-order chi connectivity index (χ1) is 15.6. The molecular weight excluding hydrogens is 444 g/mol. The Kier molecular flexibility index (Phi) is 7.22. The van der Waals surface area contributed by atoms with Crippen molar-refractivity contribution in [3.63, 3.8) is 0 Å². The monoisotopic (exact) mass is 474 g/mol. The van der Waals surface area contributed by atoms with E-state index in [9.17, 15) is 18.3 Å². The molecular formula is C24H30N2O6S. The van der Waals surface area contributed by atoms with Crippen LogP contribution in [0, 0.1) is 5.92 Å². The molecule has 3 aromatic rings. The van der Waals surface area contributed by atoms with Crippen molar-refractivity contribution in [1.82, 2.24) is 4.57 Å². The van der Waals surface area contributed by atoms with E-state index < -0.39 is 15.9 Å². The van der Waals surface area contributed by atoms with Crippen LogP contribution in [0.3, 0.4) is 0 Å². The van der Waals surface area contributed by atoms with Crippen LogP contribution in [0.15, 0.2) is 42.6 Å². The van der Waals surface area contributed by atoms with E-state index in [0.29, 0.717) is 40.1 Å². The molecule has 1 amide bonds. The Hall–Kier alpha value is -3.20. The number of rotatable bonds is 9. The van der Waals surface area contributed by atoms with Crippen molar-refractivity contribution >= 4 is 32.2 Å². The average molecular weight is 475 g/mol. The molecule has 0 fully saturated rings. The van der Waals surface area contributed by atoms with Crippen LogP contribution in [-0.4, -0.2) is 49.7 Å². The molecule has 178 valence electrons. The van der Waals surface area contributed by atoms with Gasteiger partial charge in [0.25, 0.3) is 0 Å². The van der Waals surface area contributed by atoms with Gasteiger partial charge in [-0.1, -0.05) is 32.0 Å². The number of nitrogens with one attached hydrogen (secondary N) is 1. The Bertz CT molecular complexity index is 1260. The number of carbonyl (C=O) groups is 1. The molecule has 0 bridgehead atoms. The molecule has 0 aliphatic rings. The summed E-state index contributed by atoms with van der Waals surface area (Å²) < 4.78 is 37.2. The van der Waals surface area contributed by atoms with Crippen molar-refractivity contribution < 1.29 is 27.8 Å². The van der Waals surface area contributed by atoms with Crippen LogP contribution in [0.1, 0.15) is 32.4 Å². The van der Waals surface area contributed by atoms with Gasteiger partial charge in [0.15, 0.2) is 11.5 Å². The number of nitrogens with zero attached hydrogens (tertiary/aromatic N) is 1. The number of aromatic hydroxyl groups is 1. The van der Waals surface area contributed by atoms with Gasteiger partial charge in [0.1, 0.15) is 9.84 Å². The van der Waals surface area contributed by atoms with Crippen molar-refractivity contribution in [2.24, 2.45) is 5.92 Å². The van der Waals surface area contributed by atoms with Crippen molar-refractivity contribution in [3.05, 3.63) is 48.2 Å². The fraction of sp³-hybridized carbons (Fsp3) is 0.375. The SMILES string of the molecule is CCOc1cc(C(CS(C)(=O)=O)n2cc3cccc(NC(=O)C(C)C)c3c2O)ccc1OC. The molecule has 1 aromatic heterocycles. The second-order valence-corrected chi connectivity index (χ2v) is 10.4. The molecule has 1 atom stereocenters. The maximum atomic E-state index is 12.3. The minimum absolute atomic E-state index is 0.132. The lowest BCUT2D eigenvalue weighted by molar-refractivity contribution is -0.118. The van der Waals surface area contributed by atoms with Gasteiger partial charge in [-0.2, -0.15) is 0 Å². The number of benzene rings is 2. The number of hydrogen-bond donors (Lipinski definition) is 2. The van der Waals surface area contributed by atoms with Gasteiger partial charge >= 0.3 is 0 Å². The first-order valence-corrected chi connectivity index (χ1v) is 12.7. The van der Waals surface area contributed by atoms with Crippen LogP contribution in [0.2, 0.25) is 0 Å². The zero-order valence-corrected chi connectivity index (χ0v) is 20.3. The predicted molar refractivity (Wildman–Crippen MR) is 129 cm³/mol. The topological polar surface area (TPSA) is 107 Å². The molecule has 33 heavy (non-hydrogen) atoms. The van der Waals surface area contributed by atoms with Crippen LogP contribution in [0.25, 0.3) is 10.8 Å². The number of ether oxygens (including phenoxy) is 2. The van der Waals surface area contributed by atoms with Crippen molar-refractivity contribution in [3.8, 4) is 17.4 Å². The first kappa shape index (κ1) is 24.4. The van der Waals surface area contributed by atoms with Crippen LogP contribution in [0.4, 0.5) is 5.69 Å². The van der Waals surface area contributed by atoms with Crippen molar-refractivity contribution in [1.29, 1.82) is 0 Å². The van der Waals surface area contributed by atoms with Crippen LogP contribution in [-0.2, 0) is 14.6 Å². The lowest BCUT2D eigenvalue weighted by Gasteiger charge is -2.21. The standard InChI is InChI=1S/C24H30N2O6S/c1-6-32-21-12-16(10-11-20(21)31-4)19(14-33(5,29)30)26-13-17-8-7-9-18(22(17)24(26)28)25-23(27)15(2)3/h7-13,15,19,28H,6,14H2,1-5H3,(H,25,27). The van der Waals surface area contributed by atoms with E-state index in [-0.39, 0.29) is 23.5 Å². The van der Waals surface area contributed by atoms with Crippen LogP contribution < -0.4 is 14.8 Å². The molecule has 8 nitrogen and oxygen atoms in total.